The maximum atomic E-state index is 6.10. The summed E-state index contributed by atoms with van der Waals surface area (Å²) in [5.41, 5.74) is 9.15. The molecule has 5 heteroatoms. The van der Waals surface area contributed by atoms with Gasteiger partial charge in [0.05, 0.1) is 0 Å². The minimum absolute atomic E-state index is 0.371. The number of hydrogen-bond donors (Lipinski definition) is 0. The topological polar surface area (TPSA) is 51.8 Å². The predicted molar refractivity (Wildman–Crippen MR) is 222 cm³/mol. The summed E-state index contributed by atoms with van der Waals surface area (Å²) in [4.78, 5) is 15.3. The quantitative estimate of drug-likeness (QED) is 0.178. The molecule has 4 nitrogen and oxygen atoms in total. The van der Waals surface area contributed by atoms with E-state index in [9.17, 15) is 0 Å². The third-order valence-corrected chi connectivity index (χ3v) is 14.0. The lowest BCUT2D eigenvalue weighted by Crippen LogP contribution is -2.48. The number of nitrogens with zero attached hydrogens (tertiary/aromatic N) is 3. The van der Waals surface area contributed by atoms with Crippen molar-refractivity contribution in [2.24, 2.45) is 17.8 Å². The first-order chi connectivity index (χ1) is 26.6. The summed E-state index contributed by atoms with van der Waals surface area (Å²) in [6.07, 6.45) is 8.49. The lowest BCUT2D eigenvalue weighted by Gasteiger charge is -2.57. The number of aromatic nitrogens is 3. The van der Waals surface area contributed by atoms with Gasteiger partial charge in [-0.05, 0) is 109 Å². The number of fused-ring (bicyclic) bond motifs is 6. The van der Waals surface area contributed by atoms with Gasteiger partial charge < -0.3 is 4.42 Å². The van der Waals surface area contributed by atoms with Crippen molar-refractivity contribution >= 4 is 53.4 Å². The van der Waals surface area contributed by atoms with E-state index in [1.807, 2.05) is 41.7 Å². The van der Waals surface area contributed by atoms with Crippen molar-refractivity contribution in [2.75, 3.05) is 0 Å². The molecule has 4 bridgehead atoms. The molecular formula is C49H37N3OS. The molecular weight excluding hydrogens is 679 g/mol. The van der Waals surface area contributed by atoms with Crippen LogP contribution in [0, 0.1) is 17.8 Å². The number of hydrogen-bond acceptors (Lipinski definition) is 5. The van der Waals surface area contributed by atoms with Gasteiger partial charge in [0.15, 0.2) is 17.5 Å². The third-order valence-electron chi connectivity index (χ3n) is 12.9. The molecule has 4 aliphatic rings. The zero-order valence-electron chi connectivity index (χ0n) is 29.8. The molecule has 260 valence electrons. The summed E-state index contributed by atoms with van der Waals surface area (Å²) in [7, 11) is 0. The maximum Gasteiger partial charge on any atom is 0.164 e. The molecule has 3 aromatic heterocycles. The first kappa shape index (κ1) is 30.8. The van der Waals surface area contributed by atoms with Crippen LogP contribution in [-0.4, -0.2) is 15.0 Å². The van der Waals surface area contributed by atoms with E-state index >= 15 is 0 Å². The third kappa shape index (κ3) is 4.91. The smallest absolute Gasteiger partial charge is 0.164 e. The Morgan fingerprint density at radius 1 is 0.444 bits per heavy atom. The Labute approximate surface area is 317 Å². The van der Waals surface area contributed by atoms with Gasteiger partial charge in [0.2, 0.25) is 0 Å². The Kier molecular flexibility index (Phi) is 6.65. The van der Waals surface area contributed by atoms with Crippen molar-refractivity contribution in [3.63, 3.8) is 0 Å². The fraction of sp³-hybridized carbons (Fsp3) is 0.204. The van der Waals surface area contributed by atoms with E-state index in [1.165, 1.54) is 75.4 Å². The van der Waals surface area contributed by atoms with Crippen LogP contribution in [0.5, 0.6) is 0 Å². The summed E-state index contributed by atoms with van der Waals surface area (Å²) in [5, 5.41) is 4.81. The van der Waals surface area contributed by atoms with Crippen molar-refractivity contribution < 1.29 is 4.42 Å². The van der Waals surface area contributed by atoms with Crippen LogP contribution in [0.4, 0.5) is 0 Å². The van der Waals surface area contributed by atoms with Gasteiger partial charge in [0, 0.05) is 47.6 Å². The largest absolute Gasteiger partial charge is 0.456 e. The van der Waals surface area contributed by atoms with Crippen molar-refractivity contribution in [2.45, 2.75) is 43.9 Å². The Morgan fingerprint density at radius 3 is 1.67 bits per heavy atom. The van der Waals surface area contributed by atoms with Crippen molar-refractivity contribution in [3.8, 4) is 45.3 Å². The van der Waals surface area contributed by atoms with Crippen molar-refractivity contribution in [1.82, 2.24) is 15.0 Å². The number of para-hydroxylation sites is 1. The number of rotatable bonds is 5. The monoisotopic (exact) mass is 715 g/mol. The lowest BCUT2D eigenvalue weighted by molar-refractivity contribution is -0.00518. The lowest BCUT2D eigenvalue weighted by atomic mass is 9.48. The van der Waals surface area contributed by atoms with E-state index in [0.29, 0.717) is 17.1 Å². The number of thiophene rings is 1. The van der Waals surface area contributed by atoms with Gasteiger partial charge in [-0.15, -0.1) is 11.3 Å². The average molecular weight is 716 g/mol. The van der Waals surface area contributed by atoms with Crippen molar-refractivity contribution in [3.05, 3.63) is 139 Å². The van der Waals surface area contributed by atoms with Crippen LogP contribution in [0.3, 0.4) is 0 Å². The minimum atomic E-state index is 0.371. The van der Waals surface area contributed by atoms with E-state index in [-0.39, 0.29) is 0 Å². The summed E-state index contributed by atoms with van der Waals surface area (Å²) in [6, 6.07) is 47.9. The highest BCUT2D eigenvalue weighted by Gasteiger charge is 2.51. The highest BCUT2D eigenvalue weighted by molar-refractivity contribution is 7.25. The van der Waals surface area contributed by atoms with Gasteiger partial charge in [-0.1, -0.05) is 103 Å². The molecule has 0 amide bonds. The van der Waals surface area contributed by atoms with E-state index in [1.54, 1.807) is 0 Å². The standard InChI is InChI=1S/C49H37N3OS/c1-2-6-32(7-3-1)46-50-47(33-10-15-37(16-11-33)49-26-29-20-30(27-49)22-31(21-29)28-49)52-48(51-46)36-13-18-40-39-17-12-35(24-44(39)54-45(40)25-36)34-14-19-43-41(23-34)38-8-4-5-9-42(38)53-43/h1-19,23-25,29-31H,20-22,26-28H2. The molecule has 13 rings (SSSR count). The molecule has 0 radical (unpaired) electrons. The zero-order valence-corrected chi connectivity index (χ0v) is 30.7. The van der Waals surface area contributed by atoms with Crippen molar-refractivity contribution in [1.29, 1.82) is 0 Å². The van der Waals surface area contributed by atoms with Crippen LogP contribution in [0.2, 0.25) is 0 Å². The summed E-state index contributed by atoms with van der Waals surface area (Å²) in [5.74, 6) is 4.90. The van der Waals surface area contributed by atoms with Gasteiger partial charge >= 0.3 is 0 Å². The molecule has 0 spiro atoms. The highest BCUT2D eigenvalue weighted by Crippen LogP contribution is 2.60. The Hall–Kier alpha value is -5.65. The normalized spacial score (nSPS) is 21.9. The van der Waals surface area contributed by atoms with E-state index in [2.05, 4.69) is 103 Å². The molecule has 4 saturated carbocycles. The predicted octanol–water partition coefficient (Wildman–Crippen LogP) is 13.3. The van der Waals surface area contributed by atoms with Crippen LogP contribution < -0.4 is 0 Å². The fourth-order valence-corrected chi connectivity index (χ4v) is 12.0. The summed E-state index contributed by atoms with van der Waals surface area (Å²) in [6.45, 7) is 0. The number of benzene rings is 6. The first-order valence-corrected chi connectivity index (χ1v) is 20.2. The Balaban J connectivity index is 0.919. The van der Waals surface area contributed by atoms with Gasteiger partial charge in [-0.2, -0.15) is 0 Å². The van der Waals surface area contributed by atoms with Crippen LogP contribution in [-0.2, 0) is 5.41 Å². The fourth-order valence-electron chi connectivity index (χ4n) is 10.8. The van der Waals surface area contributed by atoms with Gasteiger partial charge in [-0.25, -0.2) is 15.0 Å². The van der Waals surface area contributed by atoms with Crippen LogP contribution in [0.15, 0.2) is 138 Å². The average Bonchev–Trinajstić information content (AvgIpc) is 3.78. The van der Waals surface area contributed by atoms with Gasteiger partial charge in [-0.3, -0.25) is 0 Å². The van der Waals surface area contributed by atoms with Crippen LogP contribution >= 0.6 is 11.3 Å². The van der Waals surface area contributed by atoms with E-state index in [4.69, 9.17) is 19.4 Å². The summed E-state index contributed by atoms with van der Waals surface area (Å²) < 4.78 is 8.58. The number of furan rings is 1. The second kappa shape index (κ2) is 11.7. The van der Waals surface area contributed by atoms with E-state index < -0.39 is 0 Å². The SMILES string of the molecule is c1ccc(-c2nc(-c3ccc(C45CC6CC(CC(C6)C4)C5)cc3)nc(-c3ccc4c(c3)sc3cc(-c5ccc6oc7ccccc7c6c5)ccc34)n2)cc1. The molecule has 0 aliphatic heterocycles. The minimum Gasteiger partial charge on any atom is -0.456 e. The van der Waals surface area contributed by atoms with Gasteiger partial charge in [0.1, 0.15) is 11.2 Å². The Bertz CT molecular complexity index is 2890. The van der Waals surface area contributed by atoms with E-state index in [0.717, 1.165) is 62.2 Å². The molecule has 0 saturated heterocycles. The van der Waals surface area contributed by atoms with Crippen LogP contribution in [0.1, 0.15) is 44.1 Å². The molecule has 0 atom stereocenters. The second-order valence-electron chi connectivity index (χ2n) is 16.3. The molecule has 6 aromatic carbocycles. The summed E-state index contributed by atoms with van der Waals surface area (Å²) >= 11 is 1.82. The first-order valence-electron chi connectivity index (χ1n) is 19.4. The maximum absolute atomic E-state index is 6.10. The zero-order chi connectivity index (χ0) is 35.4. The van der Waals surface area contributed by atoms with Gasteiger partial charge in [0.25, 0.3) is 0 Å². The Morgan fingerprint density at radius 2 is 0.963 bits per heavy atom. The second-order valence-corrected chi connectivity index (χ2v) is 17.4. The van der Waals surface area contributed by atoms with Crippen LogP contribution in [0.25, 0.3) is 87.4 Å². The molecule has 0 N–H and O–H groups in total. The molecule has 54 heavy (non-hydrogen) atoms. The molecule has 4 aliphatic carbocycles. The molecule has 4 fully saturated rings. The molecule has 0 unspecified atom stereocenters. The highest BCUT2D eigenvalue weighted by atomic mass is 32.1. The molecule has 9 aromatic rings. The molecule has 3 heterocycles.